The van der Waals surface area contributed by atoms with Gasteiger partial charge in [0, 0.05) is 12.3 Å². The zero-order valence-electron chi connectivity index (χ0n) is 8.78. The fraction of sp³-hybridized carbons (Fsp3) is 0. The van der Waals surface area contributed by atoms with Gasteiger partial charge in [-0.15, -0.1) is 0 Å². The van der Waals surface area contributed by atoms with Crippen molar-refractivity contribution in [2.24, 2.45) is 0 Å². The van der Waals surface area contributed by atoms with Crippen molar-refractivity contribution in [2.45, 2.75) is 0 Å². The van der Waals surface area contributed by atoms with Crippen molar-refractivity contribution in [3.05, 3.63) is 50.7 Å². The second kappa shape index (κ2) is 5.16. The predicted molar refractivity (Wildman–Crippen MR) is 67.1 cm³/mol. The zero-order chi connectivity index (χ0) is 13.1. The SMILES string of the molecule is O=C(Nc1ncnc(Cl)c1Cl)c1ccc(=O)[nH]c1. The van der Waals surface area contributed by atoms with E-state index < -0.39 is 5.91 Å². The number of halogens is 2. The first-order valence-corrected chi connectivity index (χ1v) is 5.49. The highest BCUT2D eigenvalue weighted by molar-refractivity contribution is 6.43. The van der Waals surface area contributed by atoms with Gasteiger partial charge in [-0.25, -0.2) is 9.97 Å². The molecule has 0 spiro atoms. The molecule has 8 heteroatoms. The zero-order valence-corrected chi connectivity index (χ0v) is 10.3. The van der Waals surface area contributed by atoms with E-state index in [9.17, 15) is 9.59 Å². The summed E-state index contributed by atoms with van der Waals surface area (Å²) >= 11 is 11.5. The molecule has 0 aliphatic heterocycles. The summed E-state index contributed by atoms with van der Waals surface area (Å²) in [7, 11) is 0. The molecule has 2 aromatic heterocycles. The summed E-state index contributed by atoms with van der Waals surface area (Å²) in [5.74, 6) is -0.365. The van der Waals surface area contributed by atoms with Crippen LogP contribution >= 0.6 is 23.2 Å². The molecule has 0 bridgehead atoms. The van der Waals surface area contributed by atoms with E-state index in [0.29, 0.717) is 0 Å². The van der Waals surface area contributed by atoms with Crippen molar-refractivity contribution in [2.75, 3.05) is 5.32 Å². The summed E-state index contributed by atoms with van der Waals surface area (Å²) in [6, 6.07) is 2.62. The van der Waals surface area contributed by atoms with Crippen LogP contribution in [0.5, 0.6) is 0 Å². The molecule has 2 aromatic rings. The summed E-state index contributed by atoms with van der Waals surface area (Å²) in [5, 5.41) is 2.56. The molecule has 0 fully saturated rings. The maximum atomic E-state index is 11.8. The van der Waals surface area contributed by atoms with Crippen LogP contribution in [0.3, 0.4) is 0 Å². The molecule has 0 unspecified atom stereocenters. The van der Waals surface area contributed by atoms with Gasteiger partial charge >= 0.3 is 0 Å². The first-order chi connectivity index (χ1) is 8.58. The molecule has 18 heavy (non-hydrogen) atoms. The second-order valence-corrected chi connectivity index (χ2v) is 3.96. The van der Waals surface area contributed by atoms with Crippen LogP contribution in [0.2, 0.25) is 10.2 Å². The van der Waals surface area contributed by atoms with Gasteiger partial charge in [-0.2, -0.15) is 0 Å². The number of carbonyl (C=O) groups excluding carboxylic acids is 1. The number of carbonyl (C=O) groups is 1. The average Bonchev–Trinajstić information content (AvgIpc) is 2.36. The van der Waals surface area contributed by atoms with Gasteiger partial charge in [0.1, 0.15) is 11.3 Å². The molecule has 1 amide bonds. The molecule has 2 N–H and O–H groups in total. The summed E-state index contributed by atoms with van der Waals surface area (Å²) in [6.45, 7) is 0. The van der Waals surface area contributed by atoms with Crippen LogP contribution in [0.1, 0.15) is 10.4 Å². The molecule has 92 valence electrons. The lowest BCUT2D eigenvalue weighted by Gasteiger charge is -2.05. The van der Waals surface area contributed by atoms with Crippen LogP contribution in [0.25, 0.3) is 0 Å². The first-order valence-electron chi connectivity index (χ1n) is 4.74. The van der Waals surface area contributed by atoms with E-state index in [4.69, 9.17) is 23.2 Å². The molecule has 0 aliphatic rings. The largest absolute Gasteiger partial charge is 0.328 e. The number of H-pyrrole nitrogens is 1. The van der Waals surface area contributed by atoms with Gasteiger partial charge in [0.05, 0.1) is 5.56 Å². The quantitative estimate of drug-likeness (QED) is 0.822. The van der Waals surface area contributed by atoms with E-state index in [1.807, 2.05) is 0 Å². The Balaban J connectivity index is 2.24. The van der Waals surface area contributed by atoms with Crippen LogP contribution in [-0.4, -0.2) is 20.9 Å². The minimum Gasteiger partial charge on any atom is -0.328 e. The number of nitrogens with one attached hydrogen (secondary N) is 2. The fourth-order valence-corrected chi connectivity index (χ4v) is 1.44. The van der Waals surface area contributed by atoms with Crippen molar-refractivity contribution >= 4 is 34.9 Å². The van der Waals surface area contributed by atoms with Gasteiger partial charge < -0.3 is 10.3 Å². The van der Waals surface area contributed by atoms with E-state index in [1.165, 1.54) is 24.7 Å². The van der Waals surface area contributed by atoms with Crippen LogP contribution in [0.15, 0.2) is 29.5 Å². The Morgan fingerprint density at radius 3 is 2.72 bits per heavy atom. The van der Waals surface area contributed by atoms with E-state index >= 15 is 0 Å². The molecule has 0 atom stereocenters. The van der Waals surface area contributed by atoms with E-state index in [-0.39, 0.29) is 27.1 Å². The minimum absolute atomic E-state index is 0.0448. The molecule has 2 rings (SSSR count). The Morgan fingerprint density at radius 1 is 1.28 bits per heavy atom. The molecule has 6 nitrogen and oxygen atoms in total. The summed E-state index contributed by atoms with van der Waals surface area (Å²) in [5.41, 5.74) is -0.0323. The van der Waals surface area contributed by atoms with Crippen molar-refractivity contribution in [3.63, 3.8) is 0 Å². The number of anilines is 1. The van der Waals surface area contributed by atoms with Crippen LogP contribution in [0.4, 0.5) is 5.82 Å². The standard InChI is InChI=1S/C10H6Cl2N4O2/c11-7-8(12)14-4-15-9(7)16-10(18)5-1-2-6(17)13-3-5/h1-4H,(H,13,17)(H,14,15,16,18). The number of pyridine rings is 1. The summed E-state index contributed by atoms with van der Waals surface area (Å²) in [4.78, 5) is 32.5. The maximum absolute atomic E-state index is 11.8. The fourth-order valence-electron chi connectivity index (χ4n) is 1.17. The van der Waals surface area contributed by atoms with E-state index in [2.05, 4.69) is 20.3 Å². The monoisotopic (exact) mass is 284 g/mol. The van der Waals surface area contributed by atoms with E-state index in [1.54, 1.807) is 0 Å². The minimum atomic E-state index is -0.470. The highest BCUT2D eigenvalue weighted by Gasteiger charge is 2.12. The Hall–Kier alpha value is -1.92. The number of hydrogen-bond acceptors (Lipinski definition) is 4. The van der Waals surface area contributed by atoms with Gasteiger partial charge in [0.15, 0.2) is 11.0 Å². The Morgan fingerprint density at radius 2 is 2.06 bits per heavy atom. The van der Waals surface area contributed by atoms with Crippen LogP contribution < -0.4 is 10.9 Å². The number of amides is 1. The predicted octanol–water partition coefficient (Wildman–Crippen LogP) is 1.72. The highest BCUT2D eigenvalue weighted by Crippen LogP contribution is 2.25. The van der Waals surface area contributed by atoms with Crippen molar-refractivity contribution in [1.29, 1.82) is 0 Å². The first kappa shape index (κ1) is 12.5. The lowest BCUT2D eigenvalue weighted by molar-refractivity contribution is 0.102. The highest BCUT2D eigenvalue weighted by atomic mass is 35.5. The van der Waals surface area contributed by atoms with Gasteiger partial charge in [-0.05, 0) is 6.07 Å². The number of aromatic amines is 1. The molecule has 0 aliphatic carbocycles. The van der Waals surface area contributed by atoms with Crippen LogP contribution in [-0.2, 0) is 0 Å². The molecule has 0 radical (unpaired) electrons. The van der Waals surface area contributed by atoms with Crippen molar-refractivity contribution in [3.8, 4) is 0 Å². The van der Waals surface area contributed by atoms with Gasteiger partial charge in [-0.1, -0.05) is 23.2 Å². The maximum Gasteiger partial charge on any atom is 0.258 e. The Kier molecular flexibility index (Phi) is 3.59. The third-order valence-corrected chi connectivity index (χ3v) is 2.77. The van der Waals surface area contributed by atoms with Crippen LogP contribution in [0, 0.1) is 0 Å². The average molecular weight is 285 g/mol. The van der Waals surface area contributed by atoms with Crippen molar-refractivity contribution in [1.82, 2.24) is 15.0 Å². The summed E-state index contributed by atoms with van der Waals surface area (Å²) < 4.78 is 0. The number of aromatic nitrogens is 3. The normalized spacial score (nSPS) is 10.1. The lowest BCUT2D eigenvalue weighted by atomic mass is 10.3. The lowest BCUT2D eigenvalue weighted by Crippen LogP contribution is -2.15. The summed E-state index contributed by atoms with van der Waals surface area (Å²) in [6.07, 6.45) is 2.46. The smallest absolute Gasteiger partial charge is 0.258 e. The Bertz CT molecular complexity index is 636. The van der Waals surface area contributed by atoms with E-state index in [0.717, 1.165) is 0 Å². The van der Waals surface area contributed by atoms with Gasteiger partial charge in [-0.3, -0.25) is 9.59 Å². The molecule has 0 aromatic carbocycles. The number of rotatable bonds is 2. The molecular weight excluding hydrogens is 279 g/mol. The van der Waals surface area contributed by atoms with Crippen molar-refractivity contribution < 1.29 is 4.79 Å². The van der Waals surface area contributed by atoms with Gasteiger partial charge in [0.25, 0.3) is 5.91 Å². The molecule has 0 saturated carbocycles. The molecule has 2 heterocycles. The topological polar surface area (TPSA) is 87.7 Å². The Labute approximate surface area is 111 Å². The molecule has 0 saturated heterocycles. The second-order valence-electron chi connectivity index (χ2n) is 3.22. The number of hydrogen-bond donors (Lipinski definition) is 2. The third kappa shape index (κ3) is 2.66. The molecular formula is C10H6Cl2N4O2. The van der Waals surface area contributed by atoms with Gasteiger partial charge in [0.2, 0.25) is 5.56 Å². The number of nitrogens with zero attached hydrogens (tertiary/aromatic N) is 2. The third-order valence-electron chi connectivity index (χ3n) is 2.03.